The summed E-state index contributed by atoms with van der Waals surface area (Å²) < 4.78 is 11.9. The number of hydrogen-bond acceptors (Lipinski definition) is 5. The molecule has 204 valence electrons. The molecule has 0 aromatic heterocycles. The van der Waals surface area contributed by atoms with Crippen molar-refractivity contribution in [3.63, 3.8) is 0 Å². The molecule has 0 spiro atoms. The average molecular weight is 510 g/mol. The van der Waals surface area contributed by atoms with Crippen molar-refractivity contribution in [2.75, 3.05) is 13.4 Å². The highest BCUT2D eigenvalue weighted by Crippen LogP contribution is 2.71. The first-order valence-electron chi connectivity index (χ1n) is 14.4. The number of carbonyl (C=O) groups excluding carboxylic acids is 2. The van der Waals surface area contributed by atoms with E-state index in [2.05, 4.69) is 33.8 Å². The van der Waals surface area contributed by atoms with Crippen molar-refractivity contribution >= 4 is 11.6 Å². The van der Waals surface area contributed by atoms with Crippen LogP contribution < -0.4 is 0 Å². The zero-order valence-electron chi connectivity index (χ0n) is 22.8. The maximum atomic E-state index is 14.3. The van der Waals surface area contributed by atoms with Crippen molar-refractivity contribution in [2.45, 2.75) is 99.5 Å². The Hall–Kier alpha value is -1.51. The lowest BCUT2D eigenvalue weighted by Crippen LogP contribution is -2.65. The molecule has 5 nitrogen and oxygen atoms in total. The number of allylic oxidation sites excluding steroid dienone is 2. The predicted molar refractivity (Wildman–Crippen MR) is 142 cm³/mol. The molecule has 0 radical (unpaired) electrons. The minimum Gasteiger partial charge on any atom is -0.353 e. The molecule has 4 saturated carbocycles. The molecule has 6 aliphatic rings. The summed E-state index contributed by atoms with van der Waals surface area (Å²) >= 11 is 0. The van der Waals surface area contributed by atoms with E-state index in [-0.39, 0.29) is 64.6 Å². The van der Waals surface area contributed by atoms with Crippen LogP contribution in [0.1, 0.15) is 93.4 Å². The average Bonchev–Trinajstić information content (AvgIpc) is 3.38. The van der Waals surface area contributed by atoms with Gasteiger partial charge < -0.3 is 9.47 Å². The number of hydrogen-bond donors (Lipinski definition) is 0. The molecule has 5 fully saturated rings. The highest BCUT2D eigenvalue weighted by molar-refractivity contribution is 6.01. The van der Waals surface area contributed by atoms with Gasteiger partial charge in [-0.3, -0.25) is 9.59 Å². The second-order valence-corrected chi connectivity index (χ2v) is 14.6. The summed E-state index contributed by atoms with van der Waals surface area (Å²) in [7, 11) is 0. The van der Waals surface area contributed by atoms with E-state index in [1.807, 2.05) is 13.0 Å². The van der Waals surface area contributed by atoms with Gasteiger partial charge in [-0.2, -0.15) is 5.26 Å². The molecular formula is C32H47NO4. The molecule has 6 rings (SSSR count). The lowest BCUT2D eigenvalue weighted by molar-refractivity contribution is -0.199. The van der Waals surface area contributed by atoms with Crippen LogP contribution in [-0.4, -0.2) is 31.1 Å². The third-order valence-corrected chi connectivity index (χ3v) is 12.7. The van der Waals surface area contributed by atoms with E-state index in [4.69, 9.17) is 9.47 Å². The molecule has 5 heteroatoms. The fourth-order valence-corrected chi connectivity index (χ4v) is 10.8. The lowest BCUT2D eigenvalue weighted by atomic mass is 9.36. The normalized spacial score (nSPS) is 50.4. The molecular weight excluding hydrogens is 462 g/mol. The highest BCUT2D eigenvalue weighted by atomic mass is 16.7. The second kappa shape index (κ2) is 8.75. The van der Waals surface area contributed by atoms with Crippen molar-refractivity contribution in [1.29, 1.82) is 5.26 Å². The SMILES string of the molecule is C.CC1C(=O)C(C#N)=CC2(C)C1CCC1(C)C3CCC4(C5COCO5)CCC(C)(C)CC4C3C(=O)CC21. The number of nitrogens with zero attached hydrogens (tertiary/aromatic N) is 1. The van der Waals surface area contributed by atoms with Crippen LogP contribution in [0.5, 0.6) is 0 Å². The van der Waals surface area contributed by atoms with Crippen LogP contribution in [0.4, 0.5) is 0 Å². The lowest BCUT2D eigenvalue weighted by Gasteiger charge is -2.67. The standard InChI is InChI=1S/C31H43NO4.CH4/c1-18-20-6-8-29(4)21-7-9-31(25-16-35-17-36-25)11-10-28(2,3)14-22(31)26(21)23(33)12-24(29)30(20,5)13-19(15-32)27(18)34;/h13,18,20-22,24-26H,6-12,14,16-17H2,1-5H3;1H4. The minimum atomic E-state index is -0.283. The zero-order chi connectivity index (χ0) is 25.7. The van der Waals surface area contributed by atoms with Gasteiger partial charge in [0, 0.05) is 23.7 Å². The Morgan fingerprint density at radius 1 is 1.00 bits per heavy atom. The molecule has 0 bridgehead atoms. The summed E-state index contributed by atoms with van der Waals surface area (Å²) in [6, 6.07) is 2.20. The van der Waals surface area contributed by atoms with E-state index >= 15 is 0 Å². The first-order valence-corrected chi connectivity index (χ1v) is 14.4. The maximum absolute atomic E-state index is 14.3. The number of ketones is 2. The van der Waals surface area contributed by atoms with Crippen molar-refractivity contribution in [2.24, 2.45) is 57.2 Å². The highest BCUT2D eigenvalue weighted by Gasteiger charge is 2.68. The monoisotopic (exact) mass is 509 g/mol. The number of Topliss-reactive ketones (excluding diaryl/α,β-unsaturated/α-hetero) is 2. The third-order valence-electron chi connectivity index (χ3n) is 12.7. The van der Waals surface area contributed by atoms with Crippen molar-refractivity contribution < 1.29 is 19.1 Å². The van der Waals surface area contributed by atoms with Crippen LogP contribution in [0, 0.1) is 68.5 Å². The largest absolute Gasteiger partial charge is 0.353 e. The number of carbonyl (C=O) groups is 2. The fourth-order valence-electron chi connectivity index (χ4n) is 10.8. The van der Waals surface area contributed by atoms with E-state index in [1.54, 1.807) is 0 Å². The molecule has 10 atom stereocenters. The number of nitriles is 1. The first kappa shape index (κ1) is 27.1. The van der Waals surface area contributed by atoms with E-state index in [9.17, 15) is 14.9 Å². The van der Waals surface area contributed by atoms with E-state index < -0.39 is 0 Å². The van der Waals surface area contributed by atoms with Crippen molar-refractivity contribution in [3.8, 4) is 6.07 Å². The Bertz CT molecular complexity index is 1050. The fraction of sp³-hybridized carbons (Fsp3) is 0.844. The third kappa shape index (κ3) is 3.61. The first-order chi connectivity index (χ1) is 17.0. The predicted octanol–water partition coefficient (Wildman–Crippen LogP) is 6.51. The molecule has 37 heavy (non-hydrogen) atoms. The van der Waals surface area contributed by atoms with Gasteiger partial charge in [0.05, 0.1) is 18.3 Å². The zero-order valence-corrected chi connectivity index (χ0v) is 22.8. The molecule has 5 aliphatic carbocycles. The molecule has 10 unspecified atom stereocenters. The Balaban J connectivity index is 0.00000280. The smallest absolute Gasteiger partial charge is 0.176 e. The molecule has 1 saturated heterocycles. The Morgan fingerprint density at radius 3 is 2.41 bits per heavy atom. The molecule has 0 aromatic rings. The number of rotatable bonds is 1. The van der Waals surface area contributed by atoms with Gasteiger partial charge in [0.1, 0.15) is 18.6 Å². The summed E-state index contributed by atoms with van der Waals surface area (Å²) in [5.41, 5.74) is 0.361. The van der Waals surface area contributed by atoms with Crippen LogP contribution in [0.2, 0.25) is 0 Å². The van der Waals surface area contributed by atoms with Gasteiger partial charge in [0.2, 0.25) is 0 Å². The molecule has 1 heterocycles. The Morgan fingerprint density at radius 2 is 1.73 bits per heavy atom. The molecule has 0 N–H and O–H groups in total. The van der Waals surface area contributed by atoms with Gasteiger partial charge in [0.15, 0.2) is 5.78 Å². The van der Waals surface area contributed by atoms with Gasteiger partial charge in [-0.15, -0.1) is 0 Å². The van der Waals surface area contributed by atoms with E-state index in [0.717, 1.165) is 38.5 Å². The van der Waals surface area contributed by atoms with E-state index in [0.29, 0.717) is 43.0 Å². The van der Waals surface area contributed by atoms with Gasteiger partial charge in [-0.25, -0.2) is 0 Å². The van der Waals surface area contributed by atoms with Crippen LogP contribution in [0.15, 0.2) is 11.6 Å². The summed E-state index contributed by atoms with van der Waals surface area (Å²) in [5, 5.41) is 9.77. The molecule has 0 aromatic carbocycles. The van der Waals surface area contributed by atoms with Crippen molar-refractivity contribution in [1.82, 2.24) is 0 Å². The topological polar surface area (TPSA) is 76.4 Å². The van der Waals surface area contributed by atoms with Gasteiger partial charge in [0.25, 0.3) is 0 Å². The van der Waals surface area contributed by atoms with Crippen LogP contribution in [0.3, 0.4) is 0 Å². The molecule has 0 amide bonds. The molecule has 1 aliphatic heterocycles. The summed E-state index contributed by atoms with van der Waals surface area (Å²) in [4.78, 5) is 27.2. The maximum Gasteiger partial charge on any atom is 0.176 e. The second-order valence-electron chi connectivity index (χ2n) is 14.6. The minimum absolute atomic E-state index is 0. The quantitative estimate of drug-likeness (QED) is 0.402. The van der Waals surface area contributed by atoms with Crippen molar-refractivity contribution in [3.05, 3.63) is 11.6 Å². The number of fused-ring (bicyclic) bond motifs is 7. The summed E-state index contributed by atoms with van der Waals surface area (Å²) in [5.74, 6) is 1.48. The van der Waals surface area contributed by atoms with Crippen LogP contribution >= 0.6 is 0 Å². The summed E-state index contributed by atoms with van der Waals surface area (Å²) in [6.45, 7) is 12.5. The van der Waals surface area contributed by atoms with Gasteiger partial charge in [-0.05, 0) is 84.9 Å². The van der Waals surface area contributed by atoms with Crippen LogP contribution in [-0.2, 0) is 19.1 Å². The Kier molecular flexibility index (Phi) is 6.40. The van der Waals surface area contributed by atoms with E-state index in [1.165, 1.54) is 6.42 Å². The van der Waals surface area contributed by atoms with Gasteiger partial charge in [-0.1, -0.05) is 48.1 Å². The van der Waals surface area contributed by atoms with Gasteiger partial charge >= 0.3 is 0 Å². The Labute approximate surface area is 223 Å². The summed E-state index contributed by atoms with van der Waals surface area (Å²) in [6.07, 6.45) is 10.4. The van der Waals surface area contributed by atoms with Crippen LogP contribution in [0.25, 0.3) is 0 Å². The number of ether oxygens (including phenoxy) is 2.